The van der Waals surface area contributed by atoms with E-state index in [1.807, 2.05) is 6.20 Å². The second kappa shape index (κ2) is 3.24. The van der Waals surface area contributed by atoms with Crippen molar-refractivity contribution in [1.29, 1.82) is 0 Å². The molecular formula is C11H11NOS. The molecule has 0 spiro atoms. The van der Waals surface area contributed by atoms with Crippen LogP contribution in [0.2, 0.25) is 0 Å². The minimum Gasteiger partial charge on any atom is -0.440 e. The maximum atomic E-state index is 5.73. The third-order valence-electron chi connectivity index (χ3n) is 2.78. The summed E-state index contributed by atoms with van der Waals surface area (Å²) < 4.78 is 5.73. The third kappa shape index (κ3) is 1.28. The molecule has 0 unspecified atom stereocenters. The van der Waals surface area contributed by atoms with Gasteiger partial charge >= 0.3 is 0 Å². The summed E-state index contributed by atoms with van der Waals surface area (Å²) in [6, 6.07) is 2.07. The highest BCUT2D eigenvalue weighted by Gasteiger charge is 2.24. The lowest BCUT2D eigenvalue weighted by molar-refractivity contribution is 0.338. The molecule has 0 aliphatic heterocycles. The zero-order valence-corrected chi connectivity index (χ0v) is 8.59. The van der Waals surface area contributed by atoms with E-state index < -0.39 is 0 Å². The van der Waals surface area contributed by atoms with Gasteiger partial charge in [0.05, 0.1) is 6.20 Å². The Balaban J connectivity index is 1.90. The SMILES string of the molecule is c1cc(-c2cnc(C3CCC3)o2)cs1. The summed E-state index contributed by atoms with van der Waals surface area (Å²) in [5.41, 5.74) is 1.15. The molecule has 2 heterocycles. The van der Waals surface area contributed by atoms with Gasteiger partial charge in [0.1, 0.15) is 0 Å². The van der Waals surface area contributed by atoms with Gasteiger partial charge in [0.15, 0.2) is 11.7 Å². The Morgan fingerprint density at radius 2 is 2.36 bits per heavy atom. The summed E-state index contributed by atoms with van der Waals surface area (Å²) in [4.78, 5) is 4.33. The molecule has 0 amide bonds. The molecule has 72 valence electrons. The average molecular weight is 205 g/mol. The van der Waals surface area contributed by atoms with Crippen molar-refractivity contribution in [1.82, 2.24) is 4.98 Å². The van der Waals surface area contributed by atoms with Crippen LogP contribution >= 0.6 is 11.3 Å². The smallest absolute Gasteiger partial charge is 0.198 e. The first kappa shape index (κ1) is 8.24. The molecule has 0 bridgehead atoms. The van der Waals surface area contributed by atoms with Gasteiger partial charge in [-0.2, -0.15) is 11.3 Å². The quantitative estimate of drug-likeness (QED) is 0.747. The molecule has 14 heavy (non-hydrogen) atoms. The van der Waals surface area contributed by atoms with Gasteiger partial charge in [-0.15, -0.1) is 0 Å². The van der Waals surface area contributed by atoms with Crippen LogP contribution in [-0.4, -0.2) is 4.98 Å². The van der Waals surface area contributed by atoms with Crippen molar-refractivity contribution in [2.75, 3.05) is 0 Å². The molecule has 1 saturated carbocycles. The number of oxazole rings is 1. The second-order valence-electron chi connectivity index (χ2n) is 3.70. The van der Waals surface area contributed by atoms with Crippen molar-refractivity contribution < 1.29 is 4.42 Å². The molecule has 0 saturated heterocycles. The number of thiophene rings is 1. The summed E-state index contributed by atoms with van der Waals surface area (Å²) in [6.45, 7) is 0. The van der Waals surface area contributed by atoms with Gasteiger partial charge in [-0.3, -0.25) is 0 Å². The Labute approximate surface area is 86.6 Å². The summed E-state index contributed by atoms with van der Waals surface area (Å²) in [7, 11) is 0. The maximum Gasteiger partial charge on any atom is 0.198 e. The predicted octanol–water partition coefficient (Wildman–Crippen LogP) is 3.67. The lowest BCUT2D eigenvalue weighted by Gasteiger charge is -2.21. The third-order valence-corrected chi connectivity index (χ3v) is 3.47. The van der Waals surface area contributed by atoms with Gasteiger partial charge in [-0.1, -0.05) is 6.42 Å². The van der Waals surface area contributed by atoms with Crippen LogP contribution in [0.25, 0.3) is 11.3 Å². The van der Waals surface area contributed by atoms with Crippen molar-refractivity contribution in [3.8, 4) is 11.3 Å². The Kier molecular flexibility index (Phi) is 1.91. The van der Waals surface area contributed by atoms with E-state index in [1.165, 1.54) is 19.3 Å². The van der Waals surface area contributed by atoms with Crippen LogP contribution in [0.4, 0.5) is 0 Å². The number of nitrogens with zero attached hydrogens (tertiary/aromatic N) is 1. The van der Waals surface area contributed by atoms with Crippen molar-refractivity contribution >= 4 is 11.3 Å². The molecule has 1 aliphatic rings. The minimum absolute atomic E-state index is 0.586. The van der Waals surface area contributed by atoms with E-state index in [9.17, 15) is 0 Å². The van der Waals surface area contributed by atoms with E-state index in [0.29, 0.717) is 5.92 Å². The normalized spacial score (nSPS) is 16.9. The van der Waals surface area contributed by atoms with Crippen LogP contribution in [0.15, 0.2) is 27.4 Å². The lowest BCUT2D eigenvalue weighted by Crippen LogP contribution is -2.08. The topological polar surface area (TPSA) is 26.0 Å². The van der Waals surface area contributed by atoms with Crippen molar-refractivity contribution in [3.05, 3.63) is 28.9 Å². The van der Waals surface area contributed by atoms with E-state index in [0.717, 1.165) is 17.2 Å². The first-order valence-corrected chi connectivity index (χ1v) is 5.86. The van der Waals surface area contributed by atoms with Gasteiger partial charge < -0.3 is 4.42 Å². The van der Waals surface area contributed by atoms with Crippen molar-refractivity contribution in [2.24, 2.45) is 0 Å². The van der Waals surface area contributed by atoms with Crippen LogP contribution in [0.3, 0.4) is 0 Å². The van der Waals surface area contributed by atoms with Gasteiger partial charge in [0, 0.05) is 16.9 Å². The van der Waals surface area contributed by atoms with E-state index in [-0.39, 0.29) is 0 Å². The minimum atomic E-state index is 0.586. The summed E-state index contributed by atoms with van der Waals surface area (Å²) >= 11 is 1.68. The molecule has 0 N–H and O–H groups in total. The van der Waals surface area contributed by atoms with Crippen LogP contribution in [-0.2, 0) is 0 Å². The number of hydrogen-bond donors (Lipinski definition) is 0. The molecule has 3 rings (SSSR count). The number of rotatable bonds is 2. The van der Waals surface area contributed by atoms with Crippen LogP contribution in [0.1, 0.15) is 31.1 Å². The fraction of sp³-hybridized carbons (Fsp3) is 0.364. The molecule has 2 nitrogen and oxygen atoms in total. The monoisotopic (exact) mass is 205 g/mol. The standard InChI is InChI=1S/C11H11NOS/c1-2-8(3-1)11-12-6-10(13-11)9-4-5-14-7-9/h4-8H,1-3H2. The first-order valence-electron chi connectivity index (χ1n) is 4.92. The number of hydrogen-bond acceptors (Lipinski definition) is 3. The van der Waals surface area contributed by atoms with Gasteiger partial charge in [0.25, 0.3) is 0 Å². The van der Waals surface area contributed by atoms with Crippen LogP contribution in [0, 0.1) is 0 Å². The van der Waals surface area contributed by atoms with Crippen LogP contribution in [0.5, 0.6) is 0 Å². The zero-order chi connectivity index (χ0) is 9.38. The Bertz CT molecular complexity index is 414. The Morgan fingerprint density at radius 3 is 3.00 bits per heavy atom. The second-order valence-corrected chi connectivity index (χ2v) is 4.48. The largest absolute Gasteiger partial charge is 0.440 e. The molecule has 1 fully saturated rings. The Morgan fingerprint density at radius 1 is 1.43 bits per heavy atom. The fourth-order valence-electron chi connectivity index (χ4n) is 1.67. The number of aromatic nitrogens is 1. The van der Waals surface area contributed by atoms with E-state index >= 15 is 0 Å². The molecule has 2 aromatic heterocycles. The summed E-state index contributed by atoms with van der Waals surface area (Å²) in [5, 5.41) is 4.14. The maximum absolute atomic E-state index is 5.73. The zero-order valence-electron chi connectivity index (χ0n) is 7.77. The van der Waals surface area contributed by atoms with E-state index in [1.54, 1.807) is 11.3 Å². The van der Waals surface area contributed by atoms with E-state index in [2.05, 4.69) is 21.8 Å². The van der Waals surface area contributed by atoms with Gasteiger partial charge in [-0.05, 0) is 24.3 Å². The van der Waals surface area contributed by atoms with E-state index in [4.69, 9.17) is 4.42 Å². The molecule has 0 aromatic carbocycles. The van der Waals surface area contributed by atoms with Crippen molar-refractivity contribution in [2.45, 2.75) is 25.2 Å². The molecule has 3 heteroatoms. The highest BCUT2D eigenvalue weighted by atomic mass is 32.1. The highest BCUT2D eigenvalue weighted by molar-refractivity contribution is 7.08. The first-order chi connectivity index (χ1) is 6.93. The van der Waals surface area contributed by atoms with Crippen molar-refractivity contribution in [3.63, 3.8) is 0 Å². The molecular weight excluding hydrogens is 194 g/mol. The predicted molar refractivity (Wildman–Crippen MR) is 56.4 cm³/mol. The van der Waals surface area contributed by atoms with Crippen LogP contribution < -0.4 is 0 Å². The fourth-order valence-corrected chi connectivity index (χ4v) is 2.31. The molecule has 0 radical (unpaired) electrons. The highest BCUT2D eigenvalue weighted by Crippen LogP contribution is 2.37. The molecule has 2 aromatic rings. The summed E-state index contributed by atoms with van der Waals surface area (Å²) in [6.07, 6.45) is 5.64. The van der Waals surface area contributed by atoms with Gasteiger partial charge in [0.2, 0.25) is 0 Å². The Hall–Kier alpha value is -1.09. The lowest BCUT2D eigenvalue weighted by atomic mass is 9.85. The molecule has 0 atom stereocenters. The van der Waals surface area contributed by atoms with Gasteiger partial charge in [-0.25, -0.2) is 4.98 Å². The summed E-state index contributed by atoms with van der Waals surface area (Å²) in [5.74, 6) is 2.42. The average Bonchev–Trinajstić information content (AvgIpc) is 2.65. The molecule has 1 aliphatic carbocycles.